The Balaban J connectivity index is 1.83. The summed E-state index contributed by atoms with van der Waals surface area (Å²) in [5.41, 5.74) is 0.752. The Bertz CT molecular complexity index is 862. The van der Waals surface area contributed by atoms with Gasteiger partial charge in [0, 0.05) is 12.6 Å². The third-order valence-corrected chi connectivity index (χ3v) is 3.30. The van der Waals surface area contributed by atoms with Crippen LogP contribution in [-0.4, -0.2) is 44.0 Å². The molecule has 28 heavy (non-hydrogen) atoms. The highest BCUT2D eigenvalue weighted by atomic mass is 16.5. The lowest BCUT2D eigenvalue weighted by Crippen LogP contribution is -2.32. The summed E-state index contributed by atoms with van der Waals surface area (Å²) < 4.78 is 14.8. The predicted molar refractivity (Wildman–Crippen MR) is 97.9 cm³/mol. The van der Waals surface area contributed by atoms with Crippen molar-refractivity contribution in [2.45, 2.75) is 6.92 Å². The number of ether oxygens (including phenoxy) is 2. The van der Waals surface area contributed by atoms with Gasteiger partial charge >= 0.3 is 5.97 Å². The van der Waals surface area contributed by atoms with Crippen molar-refractivity contribution in [3.63, 3.8) is 0 Å². The Morgan fingerprint density at radius 3 is 2.54 bits per heavy atom. The molecule has 3 amide bonds. The number of benzene rings is 1. The minimum atomic E-state index is -0.797. The molecule has 2 rings (SSSR count). The molecule has 148 valence electrons. The fraction of sp³-hybridized carbons (Fsp3) is 0.222. The molecule has 0 aliphatic rings. The standard InChI is InChI=1S/C18H19N3O7/c1-11(22)20-12-5-6-14(26-2)13(8-12)21-16(23)10-28-17(24)9-19-18(25)15-4-3-7-27-15/h3-8H,9-10H2,1-2H3,(H,19,25)(H,20,22)(H,21,23). The van der Waals surface area contributed by atoms with E-state index in [9.17, 15) is 19.2 Å². The van der Waals surface area contributed by atoms with Crippen molar-refractivity contribution in [1.29, 1.82) is 0 Å². The van der Waals surface area contributed by atoms with Gasteiger partial charge in [-0.3, -0.25) is 19.2 Å². The Hall–Kier alpha value is -3.82. The second kappa shape index (κ2) is 9.76. The van der Waals surface area contributed by atoms with Gasteiger partial charge in [-0.25, -0.2) is 0 Å². The third kappa shape index (κ3) is 6.16. The lowest BCUT2D eigenvalue weighted by molar-refractivity contribution is -0.146. The Morgan fingerprint density at radius 2 is 1.89 bits per heavy atom. The van der Waals surface area contributed by atoms with Gasteiger partial charge in [-0.05, 0) is 30.3 Å². The van der Waals surface area contributed by atoms with E-state index in [0.29, 0.717) is 17.1 Å². The molecule has 3 N–H and O–H groups in total. The first-order valence-corrected chi connectivity index (χ1v) is 8.12. The zero-order chi connectivity index (χ0) is 20.5. The number of nitrogens with one attached hydrogen (secondary N) is 3. The van der Waals surface area contributed by atoms with Gasteiger partial charge in [-0.2, -0.15) is 0 Å². The lowest BCUT2D eigenvalue weighted by atomic mass is 10.2. The van der Waals surface area contributed by atoms with Crippen LogP contribution in [0.15, 0.2) is 41.0 Å². The maximum absolute atomic E-state index is 12.0. The second-order valence-corrected chi connectivity index (χ2v) is 5.47. The molecule has 0 aliphatic heterocycles. The van der Waals surface area contributed by atoms with Crippen molar-refractivity contribution in [3.05, 3.63) is 42.4 Å². The van der Waals surface area contributed by atoms with Gasteiger partial charge in [0.05, 0.1) is 19.1 Å². The molecule has 0 fully saturated rings. The zero-order valence-corrected chi connectivity index (χ0v) is 15.2. The van der Waals surface area contributed by atoms with Crippen LogP contribution >= 0.6 is 0 Å². The van der Waals surface area contributed by atoms with Gasteiger partial charge in [0.2, 0.25) is 5.91 Å². The molecule has 0 bridgehead atoms. The van der Waals surface area contributed by atoms with Gasteiger partial charge in [-0.15, -0.1) is 0 Å². The van der Waals surface area contributed by atoms with Gasteiger partial charge in [0.15, 0.2) is 12.4 Å². The largest absolute Gasteiger partial charge is 0.495 e. The number of hydrogen-bond donors (Lipinski definition) is 3. The summed E-state index contributed by atoms with van der Waals surface area (Å²) >= 11 is 0. The number of carbonyl (C=O) groups is 4. The van der Waals surface area contributed by atoms with E-state index in [4.69, 9.17) is 13.9 Å². The Morgan fingerprint density at radius 1 is 1.11 bits per heavy atom. The van der Waals surface area contributed by atoms with Crippen LogP contribution in [0.2, 0.25) is 0 Å². The topological polar surface area (TPSA) is 136 Å². The van der Waals surface area contributed by atoms with Crippen molar-refractivity contribution < 1.29 is 33.1 Å². The maximum atomic E-state index is 12.0. The van der Waals surface area contributed by atoms with E-state index in [-0.39, 0.29) is 11.7 Å². The molecule has 1 aromatic heterocycles. The van der Waals surface area contributed by atoms with Crippen molar-refractivity contribution in [1.82, 2.24) is 5.32 Å². The summed E-state index contributed by atoms with van der Waals surface area (Å²) in [5, 5.41) is 7.41. The van der Waals surface area contributed by atoms with Crippen LogP contribution in [0.3, 0.4) is 0 Å². The van der Waals surface area contributed by atoms with E-state index in [1.54, 1.807) is 12.1 Å². The van der Waals surface area contributed by atoms with Crippen LogP contribution in [0.25, 0.3) is 0 Å². The molecule has 2 aromatic rings. The summed E-state index contributed by atoms with van der Waals surface area (Å²) in [6.45, 7) is 0.365. The SMILES string of the molecule is COc1ccc(NC(C)=O)cc1NC(=O)COC(=O)CNC(=O)c1ccco1. The molecule has 0 spiro atoms. The highest BCUT2D eigenvalue weighted by molar-refractivity contribution is 5.97. The highest BCUT2D eigenvalue weighted by Gasteiger charge is 2.14. The third-order valence-electron chi connectivity index (χ3n) is 3.30. The first-order valence-electron chi connectivity index (χ1n) is 8.12. The molecule has 0 radical (unpaired) electrons. The van der Waals surface area contributed by atoms with Crippen LogP contribution < -0.4 is 20.7 Å². The number of carbonyl (C=O) groups excluding carboxylic acids is 4. The summed E-state index contributed by atoms with van der Waals surface area (Å²) in [6, 6.07) is 7.65. The number of esters is 1. The van der Waals surface area contributed by atoms with Crippen LogP contribution in [0.4, 0.5) is 11.4 Å². The normalized spacial score (nSPS) is 9.93. The molecule has 0 saturated heterocycles. The monoisotopic (exact) mass is 389 g/mol. The van der Waals surface area contributed by atoms with E-state index < -0.39 is 30.9 Å². The number of anilines is 2. The van der Waals surface area contributed by atoms with Crippen LogP contribution in [0.1, 0.15) is 17.5 Å². The molecule has 1 aromatic carbocycles. The fourth-order valence-electron chi connectivity index (χ4n) is 2.12. The number of methoxy groups -OCH3 is 1. The molecule has 10 heteroatoms. The van der Waals surface area contributed by atoms with Gasteiger partial charge in [-0.1, -0.05) is 0 Å². The minimum absolute atomic E-state index is 0.0525. The second-order valence-electron chi connectivity index (χ2n) is 5.47. The average molecular weight is 389 g/mol. The highest BCUT2D eigenvalue weighted by Crippen LogP contribution is 2.27. The smallest absolute Gasteiger partial charge is 0.325 e. The van der Waals surface area contributed by atoms with Crippen molar-refractivity contribution in [2.24, 2.45) is 0 Å². The molecule has 1 heterocycles. The minimum Gasteiger partial charge on any atom is -0.495 e. The molecule has 10 nitrogen and oxygen atoms in total. The average Bonchev–Trinajstić information content (AvgIpc) is 3.19. The predicted octanol–water partition coefficient (Wildman–Crippen LogP) is 1.16. The summed E-state index contributed by atoms with van der Waals surface area (Å²) in [7, 11) is 1.42. The van der Waals surface area contributed by atoms with E-state index in [2.05, 4.69) is 16.0 Å². The van der Waals surface area contributed by atoms with Crippen molar-refractivity contribution in [3.8, 4) is 5.75 Å². The molecule has 0 saturated carbocycles. The van der Waals surface area contributed by atoms with Gasteiger partial charge in [0.1, 0.15) is 12.3 Å². The molecular weight excluding hydrogens is 370 g/mol. The molecule has 0 aliphatic carbocycles. The van der Waals surface area contributed by atoms with E-state index in [1.807, 2.05) is 0 Å². The number of furan rings is 1. The Kier molecular flexibility index (Phi) is 7.14. The molecule has 0 atom stereocenters. The maximum Gasteiger partial charge on any atom is 0.325 e. The van der Waals surface area contributed by atoms with Gasteiger partial charge in [0.25, 0.3) is 11.8 Å². The lowest BCUT2D eigenvalue weighted by Gasteiger charge is -2.12. The molecular formula is C18H19N3O7. The van der Waals surface area contributed by atoms with Crippen molar-refractivity contribution in [2.75, 3.05) is 30.9 Å². The van der Waals surface area contributed by atoms with Crippen LogP contribution in [0, 0.1) is 0 Å². The molecule has 0 unspecified atom stereocenters. The van der Waals surface area contributed by atoms with E-state index >= 15 is 0 Å². The number of hydrogen-bond acceptors (Lipinski definition) is 7. The number of amides is 3. The van der Waals surface area contributed by atoms with E-state index in [1.165, 1.54) is 38.5 Å². The van der Waals surface area contributed by atoms with E-state index in [0.717, 1.165) is 0 Å². The zero-order valence-electron chi connectivity index (χ0n) is 15.2. The quantitative estimate of drug-likeness (QED) is 0.576. The summed E-state index contributed by atoms with van der Waals surface area (Å²) in [5.74, 6) is -1.85. The number of rotatable bonds is 8. The van der Waals surface area contributed by atoms with Crippen molar-refractivity contribution >= 4 is 35.1 Å². The van der Waals surface area contributed by atoms with Crippen LogP contribution in [0.5, 0.6) is 5.75 Å². The van der Waals surface area contributed by atoms with Crippen LogP contribution in [-0.2, 0) is 19.1 Å². The fourth-order valence-corrected chi connectivity index (χ4v) is 2.12. The first kappa shape index (κ1) is 20.5. The van der Waals surface area contributed by atoms with Gasteiger partial charge < -0.3 is 29.8 Å². The Labute approximate surface area is 160 Å². The summed E-state index contributed by atoms with van der Waals surface area (Å²) in [6.07, 6.45) is 1.33. The summed E-state index contributed by atoms with van der Waals surface area (Å²) in [4.78, 5) is 46.4. The first-order chi connectivity index (χ1) is 13.4.